The van der Waals surface area contributed by atoms with Gasteiger partial charge in [0.2, 0.25) is 0 Å². The lowest BCUT2D eigenvalue weighted by molar-refractivity contribution is -0.138. The fraction of sp³-hybridized carbons (Fsp3) is 0.778. The minimum atomic E-state index is -1.00. The summed E-state index contributed by atoms with van der Waals surface area (Å²) in [7, 11) is 0. The van der Waals surface area contributed by atoms with Crippen molar-refractivity contribution in [3.63, 3.8) is 0 Å². The first-order chi connectivity index (χ1) is 8.04. The molecule has 1 atom stereocenters. The van der Waals surface area contributed by atoms with Gasteiger partial charge in [0.05, 0.1) is 0 Å². The summed E-state index contributed by atoms with van der Waals surface area (Å²) in [6, 6.07) is -0.820. The number of aliphatic carboxylic acids is 1. The second-order valence-corrected chi connectivity index (χ2v) is 4.55. The molecule has 7 nitrogen and oxygen atoms in total. The third kappa shape index (κ3) is 11.3. The molecule has 0 spiro atoms. The van der Waals surface area contributed by atoms with Crippen LogP contribution in [0.15, 0.2) is 4.99 Å². The number of nitrogens with two attached hydrogens (primary N) is 3. The van der Waals surface area contributed by atoms with E-state index in [1.165, 1.54) is 18.2 Å². The maximum Gasteiger partial charge on any atom is 0.320 e. The molecule has 0 radical (unpaired) electrons. The number of aliphatic imine (C=N–C) groups is 1. The zero-order chi connectivity index (χ0) is 13.1. The molecular weight excluding hydrogens is 242 g/mol. The molecule has 1 aliphatic heterocycles. The Kier molecular flexibility index (Phi) is 9.59. The van der Waals surface area contributed by atoms with E-state index < -0.39 is 12.0 Å². The summed E-state index contributed by atoms with van der Waals surface area (Å²) in [5, 5.41) is 11.6. The van der Waals surface area contributed by atoms with Crippen LogP contribution in [0, 0.1) is 0 Å². The maximum absolute atomic E-state index is 10.2. The second kappa shape index (κ2) is 10.2. The summed E-state index contributed by atoms with van der Waals surface area (Å²) in [6.07, 6.45) is 0.956. The van der Waals surface area contributed by atoms with Gasteiger partial charge in [0.1, 0.15) is 6.04 Å². The highest BCUT2D eigenvalue weighted by atomic mass is 32.2. The summed E-state index contributed by atoms with van der Waals surface area (Å²) >= 11 is 1.96. The Morgan fingerprint density at radius 1 is 1.53 bits per heavy atom. The first-order valence-electron chi connectivity index (χ1n) is 5.36. The minimum Gasteiger partial charge on any atom is -0.480 e. The number of thioether (sulfide) groups is 1. The largest absolute Gasteiger partial charge is 0.480 e. The van der Waals surface area contributed by atoms with E-state index in [1.807, 2.05) is 11.8 Å². The minimum absolute atomic E-state index is 0.0129. The van der Waals surface area contributed by atoms with Gasteiger partial charge < -0.3 is 27.6 Å². The van der Waals surface area contributed by atoms with Gasteiger partial charge in [-0.3, -0.25) is 9.79 Å². The number of nitrogens with one attached hydrogen (secondary N) is 1. The van der Waals surface area contributed by atoms with Gasteiger partial charge in [-0.1, -0.05) is 0 Å². The van der Waals surface area contributed by atoms with Crippen LogP contribution in [0.5, 0.6) is 0 Å². The van der Waals surface area contributed by atoms with Crippen LogP contribution < -0.4 is 22.5 Å². The van der Waals surface area contributed by atoms with E-state index in [4.69, 9.17) is 22.3 Å². The number of guanidine groups is 1. The first-order valence-corrected chi connectivity index (χ1v) is 6.51. The summed E-state index contributed by atoms with van der Waals surface area (Å²) in [4.78, 5) is 13.9. The van der Waals surface area contributed by atoms with E-state index in [1.54, 1.807) is 0 Å². The van der Waals surface area contributed by atoms with Gasteiger partial charge in [0, 0.05) is 24.7 Å². The van der Waals surface area contributed by atoms with Crippen molar-refractivity contribution in [2.75, 3.05) is 24.7 Å². The molecule has 1 fully saturated rings. The Balaban J connectivity index is 0.000000419. The van der Waals surface area contributed by atoms with E-state index in [9.17, 15) is 4.79 Å². The molecule has 0 bridgehead atoms. The molecule has 0 aliphatic carbocycles. The molecule has 0 aromatic heterocycles. The molecule has 8 N–H and O–H groups in total. The molecule has 0 aromatic rings. The van der Waals surface area contributed by atoms with E-state index >= 15 is 0 Å². The van der Waals surface area contributed by atoms with E-state index in [2.05, 4.69) is 10.3 Å². The van der Waals surface area contributed by atoms with Crippen molar-refractivity contribution < 1.29 is 9.90 Å². The van der Waals surface area contributed by atoms with Crippen molar-refractivity contribution >= 4 is 23.7 Å². The quantitative estimate of drug-likeness (QED) is 0.237. The Labute approximate surface area is 105 Å². The van der Waals surface area contributed by atoms with Crippen molar-refractivity contribution in [2.45, 2.75) is 18.9 Å². The molecule has 1 aliphatic rings. The lowest BCUT2D eigenvalue weighted by Crippen LogP contribution is -2.30. The van der Waals surface area contributed by atoms with E-state index in [0.29, 0.717) is 19.4 Å². The van der Waals surface area contributed by atoms with E-state index in [0.717, 1.165) is 0 Å². The van der Waals surface area contributed by atoms with Crippen molar-refractivity contribution in [1.29, 1.82) is 0 Å². The van der Waals surface area contributed by atoms with Crippen LogP contribution in [0.2, 0.25) is 0 Å². The van der Waals surface area contributed by atoms with Gasteiger partial charge in [-0.25, -0.2) is 0 Å². The zero-order valence-electron chi connectivity index (χ0n) is 9.76. The molecule has 1 unspecified atom stereocenters. The van der Waals surface area contributed by atoms with Crippen LogP contribution in [0.4, 0.5) is 0 Å². The highest BCUT2D eigenvalue weighted by Crippen LogP contribution is 1.99. The Morgan fingerprint density at radius 2 is 2.24 bits per heavy atom. The van der Waals surface area contributed by atoms with Gasteiger partial charge in [-0.05, 0) is 12.8 Å². The number of carboxylic acid groups (broad SMARTS) is 1. The Bertz CT molecular complexity index is 234. The van der Waals surface area contributed by atoms with Gasteiger partial charge in [0.25, 0.3) is 0 Å². The summed E-state index contributed by atoms with van der Waals surface area (Å²) < 4.78 is 0. The number of nitrogens with zero attached hydrogens (tertiary/aromatic N) is 1. The number of hydrogen-bond donors (Lipinski definition) is 5. The molecule has 0 aromatic carbocycles. The molecule has 17 heavy (non-hydrogen) atoms. The maximum atomic E-state index is 10.2. The average molecular weight is 263 g/mol. The van der Waals surface area contributed by atoms with E-state index in [-0.39, 0.29) is 5.96 Å². The third-order valence-electron chi connectivity index (χ3n) is 1.91. The van der Waals surface area contributed by atoms with Gasteiger partial charge >= 0.3 is 5.97 Å². The predicted octanol–water partition coefficient (Wildman–Crippen LogP) is -1.27. The van der Waals surface area contributed by atoms with Crippen LogP contribution in [0.1, 0.15) is 12.8 Å². The standard InChI is InChI=1S/C6H14N4O2.C3H7NS/c7-4(5(11)12)2-1-3-10-6(8)9;1-2-5-3-4-1/h4H,1-3,7H2,(H,11,12)(H4,8,9,10);4H,1-3H2. The molecule has 1 rings (SSSR count). The van der Waals surface area contributed by atoms with Crippen molar-refractivity contribution in [1.82, 2.24) is 5.32 Å². The van der Waals surface area contributed by atoms with Crippen LogP contribution in [-0.4, -0.2) is 47.8 Å². The predicted molar refractivity (Wildman–Crippen MR) is 70.8 cm³/mol. The normalized spacial score (nSPS) is 15.6. The van der Waals surface area contributed by atoms with Gasteiger partial charge in [0.15, 0.2) is 5.96 Å². The van der Waals surface area contributed by atoms with Gasteiger partial charge in [-0.2, -0.15) is 0 Å². The van der Waals surface area contributed by atoms with Crippen LogP contribution >= 0.6 is 11.8 Å². The topological polar surface area (TPSA) is 140 Å². The highest BCUT2D eigenvalue weighted by molar-refractivity contribution is 7.99. The molecule has 1 saturated heterocycles. The Morgan fingerprint density at radius 3 is 2.59 bits per heavy atom. The molecule has 0 saturated carbocycles. The second-order valence-electron chi connectivity index (χ2n) is 3.45. The monoisotopic (exact) mass is 263 g/mol. The molecule has 8 heteroatoms. The SMILES string of the molecule is C1CSCN1.NC(N)=NCCCC(N)C(=O)O. The smallest absolute Gasteiger partial charge is 0.320 e. The van der Waals surface area contributed by atoms with Crippen molar-refractivity contribution in [3.8, 4) is 0 Å². The third-order valence-corrected chi connectivity index (χ3v) is 2.81. The molecule has 0 amide bonds. The fourth-order valence-electron chi connectivity index (χ4n) is 1.00. The summed E-state index contributed by atoms with van der Waals surface area (Å²) in [6.45, 7) is 1.63. The lowest BCUT2D eigenvalue weighted by atomic mass is 10.2. The van der Waals surface area contributed by atoms with Crippen LogP contribution in [-0.2, 0) is 4.79 Å². The molecular formula is C9H21N5O2S. The lowest BCUT2D eigenvalue weighted by Gasteiger charge is -2.03. The molecule has 100 valence electrons. The molecule has 1 heterocycles. The van der Waals surface area contributed by atoms with Crippen LogP contribution in [0.25, 0.3) is 0 Å². The summed E-state index contributed by atoms with van der Waals surface area (Å²) in [5.74, 6) is 1.48. The number of rotatable bonds is 5. The number of hydrogen-bond acceptors (Lipinski definition) is 5. The highest BCUT2D eigenvalue weighted by Gasteiger charge is 2.09. The van der Waals surface area contributed by atoms with Crippen molar-refractivity contribution in [2.24, 2.45) is 22.2 Å². The number of carboxylic acids is 1. The van der Waals surface area contributed by atoms with Gasteiger partial charge in [-0.15, -0.1) is 11.8 Å². The Hall–Kier alpha value is -0.990. The summed E-state index contributed by atoms with van der Waals surface area (Å²) in [5.41, 5.74) is 15.3. The zero-order valence-corrected chi connectivity index (χ0v) is 10.6. The average Bonchev–Trinajstić information content (AvgIpc) is 2.82. The van der Waals surface area contributed by atoms with Crippen molar-refractivity contribution in [3.05, 3.63) is 0 Å². The van der Waals surface area contributed by atoms with Crippen LogP contribution in [0.3, 0.4) is 0 Å². The number of carbonyl (C=O) groups is 1. The fourth-order valence-corrected chi connectivity index (χ4v) is 1.73. The first kappa shape index (κ1) is 16.0.